The third-order valence-corrected chi connectivity index (χ3v) is 3.52. The first-order valence-corrected chi connectivity index (χ1v) is 6.89. The number of hydrogen-bond donors (Lipinski definition) is 0. The molecule has 23 heavy (non-hydrogen) atoms. The Balaban J connectivity index is 2.07. The van der Waals surface area contributed by atoms with Gasteiger partial charge in [0.05, 0.1) is 6.20 Å². The fourth-order valence-corrected chi connectivity index (χ4v) is 2.42. The number of pyridine rings is 2. The number of hydrogen-bond acceptors (Lipinski definition) is 3. The molecule has 0 unspecified atom stereocenters. The van der Waals surface area contributed by atoms with E-state index in [1.54, 1.807) is 37.8 Å². The molecule has 3 rings (SSSR count). The molecule has 0 saturated carbocycles. The highest BCUT2D eigenvalue weighted by atomic mass is 19.4. The van der Waals surface area contributed by atoms with Crippen molar-refractivity contribution in [3.63, 3.8) is 0 Å². The van der Waals surface area contributed by atoms with E-state index in [1.165, 1.54) is 6.20 Å². The van der Waals surface area contributed by atoms with Crippen molar-refractivity contribution >= 4 is 0 Å². The largest absolute Gasteiger partial charge is 0.408 e. The van der Waals surface area contributed by atoms with Crippen LogP contribution in [0.4, 0.5) is 13.2 Å². The molecule has 7 heteroatoms. The number of halogens is 3. The molecule has 0 N–H and O–H groups in total. The third-order valence-electron chi connectivity index (χ3n) is 3.52. The van der Waals surface area contributed by atoms with Crippen molar-refractivity contribution in [1.82, 2.24) is 19.7 Å². The Kier molecular flexibility index (Phi) is 3.85. The van der Waals surface area contributed by atoms with Crippen LogP contribution in [0, 0.1) is 6.92 Å². The van der Waals surface area contributed by atoms with E-state index >= 15 is 0 Å². The minimum absolute atomic E-state index is 0.445. The summed E-state index contributed by atoms with van der Waals surface area (Å²) in [5.74, 6) is 0. The van der Waals surface area contributed by atoms with E-state index in [2.05, 4.69) is 15.1 Å². The van der Waals surface area contributed by atoms with Crippen LogP contribution in [-0.2, 0) is 6.54 Å². The molecule has 3 heterocycles. The second-order valence-corrected chi connectivity index (χ2v) is 5.08. The van der Waals surface area contributed by atoms with Crippen molar-refractivity contribution in [2.45, 2.75) is 19.6 Å². The molecule has 0 aromatic carbocycles. The summed E-state index contributed by atoms with van der Waals surface area (Å²) in [4.78, 5) is 8.17. The first-order valence-electron chi connectivity index (χ1n) is 6.89. The summed E-state index contributed by atoms with van der Waals surface area (Å²) in [5, 5.41) is 3.87. The van der Waals surface area contributed by atoms with Crippen LogP contribution in [0.5, 0.6) is 0 Å². The number of aromatic nitrogens is 4. The minimum Gasteiger partial charge on any atom is -0.264 e. The standard InChI is InChI=1S/C16H13F3N4/c1-11-14(9-22-23(11)10-16(17,18)19)15-8-21-6-4-13(15)12-3-2-5-20-7-12/h2-9H,10H2,1H3. The van der Waals surface area contributed by atoms with Crippen LogP contribution in [0.2, 0.25) is 0 Å². The van der Waals surface area contributed by atoms with E-state index in [9.17, 15) is 13.2 Å². The monoisotopic (exact) mass is 318 g/mol. The molecule has 0 saturated heterocycles. The lowest BCUT2D eigenvalue weighted by Gasteiger charge is -2.11. The van der Waals surface area contributed by atoms with Gasteiger partial charge in [-0.1, -0.05) is 6.07 Å². The smallest absolute Gasteiger partial charge is 0.264 e. The van der Waals surface area contributed by atoms with Crippen LogP contribution in [0.25, 0.3) is 22.3 Å². The van der Waals surface area contributed by atoms with Crippen molar-refractivity contribution in [3.8, 4) is 22.3 Å². The van der Waals surface area contributed by atoms with Gasteiger partial charge in [0.15, 0.2) is 0 Å². The van der Waals surface area contributed by atoms with Gasteiger partial charge in [0.25, 0.3) is 0 Å². The van der Waals surface area contributed by atoms with E-state index in [1.807, 2.05) is 12.1 Å². The Bertz CT molecular complexity index is 810. The molecule has 3 aromatic rings. The summed E-state index contributed by atoms with van der Waals surface area (Å²) in [6.07, 6.45) is 3.77. The van der Waals surface area contributed by atoms with Gasteiger partial charge in [-0.15, -0.1) is 0 Å². The van der Waals surface area contributed by atoms with Crippen LogP contribution in [0.1, 0.15) is 5.69 Å². The molecule has 0 radical (unpaired) electrons. The quantitative estimate of drug-likeness (QED) is 0.736. The zero-order valence-corrected chi connectivity index (χ0v) is 12.2. The van der Waals surface area contributed by atoms with Gasteiger partial charge in [0, 0.05) is 47.2 Å². The summed E-state index contributed by atoms with van der Waals surface area (Å²) >= 11 is 0. The maximum Gasteiger partial charge on any atom is 0.408 e. The van der Waals surface area contributed by atoms with E-state index < -0.39 is 12.7 Å². The average molecular weight is 318 g/mol. The predicted molar refractivity (Wildman–Crippen MR) is 79.5 cm³/mol. The number of alkyl halides is 3. The molecule has 3 aromatic heterocycles. The number of nitrogens with zero attached hydrogens (tertiary/aromatic N) is 4. The van der Waals surface area contributed by atoms with E-state index in [0.717, 1.165) is 21.4 Å². The van der Waals surface area contributed by atoms with Gasteiger partial charge < -0.3 is 0 Å². The van der Waals surface area contributed by atoms with Crippen LogP contribution < -0.4 is 0 Å². The SMILES string of the molecule is Cc1c(-c2cnccc2-c2cccnc2)cnn1CC(F)(F)F. The maximum atomic E-state index is 12.6. The Labute approximate surface area is 130 Å². The average Bonchev–Trinajstić information content (AvgIpc) is 2.87. The molecule has 118 valence electrons. The van der Waals surface area contributed by atoms with Crippen molar-refractivity contribution in [1.29, 1.82) is 0 Å². The first kappa shape index (κ1) is 15.2. The minimum atomic E-state index is -4.31. The van der Waals surface area contributed by atoms with Gasteiger partial charge in [-0.2, -0.15) is 18.3 Å². The molecule has 0 fully saturated rings. The van der Waals surface area contributed by atoms with Crippen molar-refractivity contribution in [3.05, 3.63) is 54.9 Å². The van der Waals surface area contributed by atoms with Gasteiger partial charge in [-0.05, 0) is 24.6 Å². The van der Waals surface area contributed by atoms with Crippen molar-refractivity contribution < 1.29 is 13.2 Å². The van der Waals surface area contributed by atoms with E-state index in [0.29, 0.717) is 11.3 Å². The molecule has 0 atom stereocenters. The Morgan fingerprint density at radius 2 is 1.74 bits per heavy atom. The second-order valence-electron chi connectivity index (χ2n) is 5.08. The molecule has 0 amide bonds. The first-order chi connectivity index (χ1) is 11.0. The van der Waals surface area contributed by atoms with E-state index in [-0.39, 0.29) is 0 Å². The summed E-state index contributed by atoms with van der Waals surface area (Å²) in [7, 11) is 0. The summed E-state index contributed by atoms with van der Waals surface area (Å²) in [6.45, 7) is 0.509. The molecule has 0 aliphatic carbocycles. The van der Waals surface area contributed by atoms with Crippen LogP contribution in [0.3, 0.4) is 0 Å². The van der Waals surface area contributed by atoms with Crippen LogP contribution in [0.15, 0.2) is 49.2 Å². The Morgan fingerprint density at radius 3 is 2.43 bits per heavy atom. The molecular weight excluding hydrogens is 305 g/mol. The van der Waals surface area contributed by atoms with Crippen molar-refractivity contribution in [2.24, 2.45) is 0 Å². The summed E-state index contributed by atoms with van der Waals surface area (Å²) in [6, 6.07) is 5.51. The van der Waals surface area contributed by atoms with E-state index in [4.69, 9.17) is 0 Å². The van der Waals surface area contributed by atoms with Crippen molar-refractivity contribution in [2.75, 3.05) is 0 Å². The Hall–Kier alpha value is -2.70. The third kappa shape index (κ3) is 3.23. The molecule has 0 aliphatic rings. The topological polar surface area (TPSA) is 43.6 Å². The second kappa shape index (κ2) is 5.83. The van der Waals surface area contributed by atoms with Gasteiger partial charge in [-0.25, -0.2) is 0 Å². The lowest BCUT2D eigenvalue weighted by molar-refractivity contribution is -0.142. The fraction of sp³-hybridized carbons (Fsp3) is 0.188. The van der Waals surface area contributed by atoms with Gasteiger partial charge in [0.2, 0.25) is 0 Å². The van der Waals surface area contributed by atoms with Gasteiger partial charge >= 0.3 is 6.18 Å². The highest BCUT2D eigenvalue weighted by molar-refractivity contribution is 5.83. The predicted octanol–water partition coefficient (Wildman–Crippen LogP) is 3.88. The van der Waals surface area contributed by atoms with Gasteiger partial charge in [-0.3, -0.25) is 14.6 Å². The summed E-state index contributed by atoms with van der Waals surface area (Å²) in [5.41, 5.74) is 3.52. The normalized spacial score (nSPS) is 11.7. The van der Waals surface area contributed by atoms with Gasteiger partial charge in [0.1, 0.15) is 6.54 Å². The molecule has 4 nitrogen and oxygen atoms in total. The lowest BCUT2D eigenvalue weighted by Crippen LogP contribution is -2.19. The van der Waals surface area contributed by atoms with Crippen LogP contribution >= 0.6 is 0 Å². The highest BCUT2D eigenvalue weighted by Crippen LogP contribution is 2.33. The Morgan fingerprint density at radius 1 is 0.957 bits per heavy atom. The maximum absolute atomic E-state index is 12.6. The zero-order valence-electron chi connectivity index (χ0n) is 12.2. The van der Waals surface area contributed by atoms with Crippen LogP contribution in [-0.4, -0.2) is 25.9 Å². The molecule has 0 bridgehead atoms. The molecule has 0 spiro atoms. The molecule has 0 aliphatic heterocycles. The summed E-state index contributed by atoms with van der Waals surface area (Å²) < 4.78 is 38.7. The highest BCUT2D eigenvalue weighted by Gasteiger charge is 2.29. The fourth-order valence-electron chi connectivity index (χ4n) is 2.42. The molecular formula is C16H13F3N4. The number of rotatable bonds is 3. The lowest BCUT2D eigenvalue weighted by atomic mass is 9.98. The zero-order chi connectivity index (χ0) is 16.4.